The number of anilines is 2. The molecule has 0 atom stereocenters. The third-order valence-corrected chi connectivity index (χ3v) is 6.24. The Morgan fingerprint density at radius 2 is 1.87 bits per heavy atom. The van der Waals surface area contributed by atoms with Gasteiger partial charge in [-0.1, -0.05) is 23.5 Å². The van der Waals surface area contributed by atoms with Crippen LogP contribution in [-0.4, -0.2) is 41.3 Å². The van der Waals surface area contributed by atoms with E-state index in [1.165, 1.54) is 35.6 Å². The largest absolute Gasteiger partial charge is 0.325 e. The van der Waals surface area contributed by atoms with E-state index in [4.69, 9.17) is 0 Å². The maximum absolute atomic E-state index is 13.0. The van der Waals surface area contributed by atoms with Crippen molar-refractivity contribution in [3.05, 3.63) is 53.8 Å². The fourth-order valence-electron chi connectivity index (χ4n) is 3.64. The average Bonchev–Trinajstić information content (AvgIpc) is 3.14. The van der Waals surface area contributed by atoms with Gasteiger partial charge >= 0.3 is 0 Å². The Hall–Kier alpha value is -2.84. The molecule has 30 heavy (non-hydrogen) atoms. The molecule has 2 N–H and O–H groups in total. The minimum absolute atomic E-state index is 0.0119. The molecular weight excluding hydrogens is 403 g/mol. The first kappa shape index (κ1) is 20.4. The monoisotopic (exact) mass is 426 g/mol. The lowest BCUT2D eigenvalue weighted by Gasteiger charge is -2.30. The molecule has 0 radical (unpaired) electrons. The van der Waals surface area contributed by atoms with E-state index in [-0.39, 0.29) is 30.1 Å². The Labute approximate surface area is 178 Å². The molecule has 8 heteroatoms. The van der Waals surface area contributed by atoms with E-state index in [1.54, 1.807) is 0 Å². The molecule has 0 saturated carbocycles. The third kappa shape index (κ3) is 4.83. The maximum atomic E-state index is 13.0. The van der Waals surface area contributed by atoms with Gasteiger partial charge in [0.25, 0.3) is 0 Å². The first-order chi connectivity index (χ1) is 14.5. The SMILES string of the molecule is Cc1cccc2sc(NC(=O)C3CCN(CC(=O)Nc4ccc(F)cc4)CC3)nc12. The molecule has 0 spiro atoms. The number of para-hydroxylation sites is 1. The van der Waals surface area contributed by atoms with Crippen LogP contribution >= 0.6 is 11.3 Å². The van der Waals surface area contributed by atoms with E-state index in [1.807, 2.05) is 30.0 Å². The van der Waals surface area contributed by atoms with Crippen molar-refractivity contribution in [3.63, 3.8) is 0 Å². The normalized spacial score (nSPS) is 15.3. The highest BCUT2D eigenvalue weighted by molar-refractivity contribution is 7.22. The molecule has 1 aliphatic heterocycles. The van der Waals surface area contributed by atoms with Crippen LogP contribution < -0.4 is 10.6 Å². The summed E-state index contributed by atoms with van der Waals surface area (Å²) in [6.45, 7) is 3.61. The lowest BCUT2D eigenvalue weighted by Crippen LogP contribution is -2.41. The number of hydrogen-bond acceptors (Lipinski definition) is 5. The number of likely N-dealkylation sites (tertiary alicyclic amines) is 1. The summed E-state index contributed by atoms with van der Waals surface area (Å²) in [6.07, 6.45) is 1.39. The summed E-state index contributed by atoms with van der Waals surface area (Å²) in [4.78, 5) is 31.4. The van der Waals surface area contributed by atoms with Crippen molar-refractivity contribution in [1.82, 2.24) is 9.88 Å². The second-order valence-electron chi connectivity index (χ2n) is 7.54. The minimum Gasteiger partial charge on any atom is -0.325 e. The van der Waals surface area contributed by atoms with Crippen LogP contribution in [0.4, 0.5) is 15.2 Å². The summed E-state index contributed by atoms with van der Waals surface area (Å²) in [5.41, 5.74) is 2.60. The molecule has 0 aliphatic carbocycles. The molecule has 0 unspecified atom stereocenters. The molecule has 156 valence electrons. The molecule has 2 aromatic carbocycles. The van der Waals surface area contributed by atoms with Gasteiger partial charge in [-0.3, -0.25) is 14.5 Å². The van der Waals surface area contributed by atoms with Gasteiger partial charge in [0.1, 0.15) is 5.82 Å². The van der Waals surface area contributed by atoms with Crippen LogP contribution in [0, 0.1) is 18.7 Å². The van der Waals surface area contributed by atoms with E-state index in [9.17, 15) is 14.0 Å². The molecule has 1 saturated heterocycles. The quantitative estimate of drug-likeness (QED) is 0.646. The fraction of sp³-hybridized carbons (Fsp3) is 0.318. The van der Waals surface area contributed by atoms with Gasteiger partial charge in [-0.2, -0.15) is 0 Å². The molecule has 2 amide bonds. The smallest absolute Gasteiger partial charge is 0.238 e. The zero-order valence-electron chi connectivity index (χ0n) is 16.7. The van der Waals surface area contributed by atoms with E-state index in [0.29, 0.717) is 36.8 Å². The first-order valence-corrected chi connectivity index (χ1v) is 10.7. The van der Waals surface area contributed by atoms with Crippen molar-refractivity contribution in [2.75, 3.05) is 30.3 Å². The summed E-state index contributed by atoms with van der Waals surface area (Å²) in [7, 11) is 0. The summed E-state index contributed by atoms with van der Waals surface area (Å²) in [6, 6.07) is 11.7. The minimum atomic E-state index is -0.339. The summed E-state index contributed by atoms with van der Waals surface area (Å²) in [5, 5.41) is 6.36. The van der Waals surface area contributed by atoms with Crippen LogP contribution in [-0.2, 0) is 9.59 Å². The molecule has 2 heterocycles. The second kappa shape index (κ2) is 8.89. The Morgan fingerprint density at radius 1 is 1.13 bits per heavy atom. The van der Waals surface area contributed by atoms with E-state index in [2.05, 4.69) is 15.6 Å². The van der Waals surface area contributed by atoms with Gasteiger partial charge in [-0.05, 0) is 68.8 Å². The van der Waals surface area contributed by atoms with Gasteiger partial charge in [0, 0.05) is 11.6 Å². The fourth-order valence-corrected chi connectivity index (χ4v) is 4.58. The number of nitrogens with one attached hydrogen (secondary N) is 2. The van der Waals surface area contributed by atoms with Crippen molar-refractivity contribution in [2.45, 2.75) is 19.8 Å². The summed E-state index contributed by atoms with van der Waals surface area (Å²) < 4.78 is 14.0. The standard InChI is InChI=1S/C22H23FN4O2S/c1-14-3-2-4-18-20(14)25-22(30-18)26-21(29)15-9-11-27(12-10-15)13-19(28)24-17-7-5-16(23)6-8-17/h2-8,15H,9-13H2,1H3,(H,24,28)(H,25,26,29). The highest BCUT2D eigenvalue weighted by atomic mass is 32.1. The number of rotatable bonds is 5. The Kier molecular flexibility index (Phi) is 6.06. The van der Waals surface area contributed by atoms with Crippen LogP contribution in [0.3, 0.4) is 0 Å². The molecule has 1 aliphatic rings. The van der Waals surface area contributed by atoms with Crippen LogP contribution in [0.15, 0.2) is 42.5 Å². The number of fused-ring (bicyclic) bond motifs is 1. The van der Waals surface area contributed by atoms with E-state index in [0.717, 1.165) is 15.8 Å². The van der Waals surface area contributed by atoms with Crippen molar-refractivity contribution >= 4 is 44.2 Å². The number of benzene rings is 2. The number of carbonyl (C=O) groups is 2. The van der Waals surface area contributed by atoms with Crippen molar-refractivity contribution < 1.29 is 14.0 Å². The molecule has 1 aromatic heterocycles. The number of piperidine rings is 1. The maximum Gasteiger partial charge on any atom is 0.238 e. The number of carbonyl (C=O) groups excluding carboxylic acids is 2. The second-order valence-corrected chi connectivity index (χ2v) is 8.57. The summed E-state index contributed by atoms with van der Waals surface area (Å²) >= 11 is 1.48. The zero-order chi connectivity index (χ0) is 21.1. The topological polar surface area (TPSA) is 74.3 Å². The van der Waals surface area contributed by atoms with Gasteiger partial charge in [0.05, 0.1) is 16.8 Å². The van der Waals surface area contributed by atoms with Crippen molar-refractivity contribution in [2.24, 2.45) is 5.92 Å². The summed E-state index contributed by atoms with van der Waals surface area (Å²) in [5.74, 6) is -0.583. The number of aromatic nitrogens is 1. The van der Waals surface area contributed by atoms with Gasteiger partial charge < -0.3 is 10.6 Å². The average molecular weight is 427 g/mol. The van der Waals surface area contributed by atoms with Crippen LogP contribution in [0.5, 0.6) is 0 Å². The van der Waals surface area contributed by atoms with Crippen LogP contribution in [0.1, 0.15) is 18.4 Å². The zero-order valence-corrected chi connectivity index (χ0v) is 17.5. The third-order valence-electron chi connectivity index (χ3n) is 5.30. The van der Waals surface area contributed by atoms with Crippen molar-refractivity contribution in [3.8, 4) is 0 Å². The molecule has 1 fully saturated rings. The van der Waals surface area contributed by atoms with E-state index < -0.39 is 0 Å². The molecular formula is C22H23FN4O2S. The lowest BCUT2D eigenvalue weighted by atomic mass is 9.96. The molecule has 0 bridgehead atoms. The van der Waals surface area contributed by atoms with Gasteiger partial charge in [0.2, 0.25) is 11.8 Å². The number of halogens is 1. The van der Waals surface area contributed by atoms with Gasteiger partial charge in [0.15, 0.2) is 5.13 Å². The van der Waals surface area contributed by atoms with Crippen LogP contribution in [0.25, 0.3) is 10.2 Å². The molecule has 4 rings (SSSR count). The predicted octanol–water partition coefficient (Wildman–Crippen LogP) is 4.03. The highest BCUT2D eigenvalue weighted by Gasteiger charge is 2.26. The number of amides is 2. The van der Waals surface area contributed by atoms with Crippen molar-refractivity contribution in [1.29, 1.82) is 0 Å². The Morgan fingerprint density at radius 3 is 2.57 bits per heavy atom. The number of aryl methyl sites for hydroxylation is 1. The van der Waals surface area contributed by atoms with Gasteiger partial charge in [-0.15, -0.1) is 0 Å². The van der Waals surface area contributed by atoms with E-state index >= 15 is 0 Å². The Bertz CT molecular complexity index is 1060. The molecule has 3 aromatic rings. The van der Waals surface area contributed by atoms with Gasteiger partial charge in [-0.25, -0.2) is 9.37 Å². The number of hydrogen-bond donors (Lipinski definition) is 2. The highest BCUT2D eigenvalue weighted by Crippen LogP contribution is 2.29. The molecule has 6 nitrogen and oxygen atoms in total. The van der Waals surface area contributed by atoms with Crippen LogP contribution in [0.2, 0.25) is 0 Å². The first-order valence-electron chi connectivity index (χ1n) is 9.93. The number of nitrogens with zero attached hydrogens (tertiary/aromatic N) is 2. The lowest BCUT2D eigenvalue weighted by molar-refractivity contribution is -0.121. The number of thiazole rings is 1. The predicted molar refractivity (Wildman–Crippen MR) is 117 cm³/mol. The Balaban J connectivity index is 1.26.